The van der Waals surface area contributed by atoms with Crippen LogP contribution in [0.2, 0.25) is 0 Å². The fourth-order valence-electron chi connectivity index (χ4n) is 1.65. The fourth-order valence-corrected chi connectivity index (χ4v) is 1.65. The standard InChI is InChI=1S/C14H11NO5/c16-11(8-12(17)14(18)19)10-3-6-20-13(10)7-9-1-4-15-5-2-9/h1-6,8,17H,7H2,(H,18,19). The van der Waals surface area contributed by atoms with Crippen LogP contribution in [0.5, 0.6) is 0 Å². The SMILES string of the molecule is O=C(O)C(O)=CC(=O)c1ccoc1Cc1ccncc1. The van der Waals surface area contributed by atoms with E-state index in [-0.39, 0.29) is 5.56 Å². The van der Waals surface area contributed by atoms with Gasteiger partial charge in [0, 0.05) is 24.9 Å². The summed E-state index contributed by atoms with van der Waals surface area (Å²) in [6.07, 6.45) is 5.61. The molecular weight excluding hydrogens is 262 g/mol. The number of pyridine rings is 1. The van der Waals surface area contributed by atoms with E-state index in [9.17, 15) is 9.59 Å². The zero-order chi connectivity index (χ0) is 14.5. The van der Waals surface area contributed by atoms with E-state index >= 15 is 0 Å². The van der Waals surface area contributed by atoms with Gasteiger partial charge >= 0.3 is 5.97 Å². The molecule has 2 rings (SSSR count). The van der Waals surface area contributed by atoms with Gasteiger partial charge in [-0.3, -0.25) is 9.78 Å². The number of ketones is 1. The summed E-state index contributed by atoms with van der Waals surface area (Å²) in [4.78, 5) is 26.2. The van der Waals surface area contributed by atoms with Gasteiger partial charge in [-0.1, -0.05) is 0 Å². The summed E-state index contributed by atoms with van der Waals surface area (Å²) < 4.78 is 5.23. The number of hydrogen-bond acceptors (Lipinski definition) is 5. The predicted molar refractivity (Wildman–Crippen MR) is 68.4 cm³/mol. The van der Waals surface area contributed by atoms with E-state index in [0.717, 1.165) is 5.56 Å². The summed E-state index contributed by atoms with van der Waals surface area (Å²) in [5.74, 6) is -2.79. The van der Waals surface area contributed by atoms with Crippen LogP contribution in [0, 0.1) is 0 Å². The number of aromatic nitrogens is 1. The first kappa shape index (κ1) is 13.5. The van der Waals surface area contributed by atoms with Gasteiger partial charge in [0.1, 0.15) is 5.76 Å². The largest absolute Gasteiger partial charge is 0.502 e. The first-order valence-corrected chi connectivity index (χ1v) is 5.71. The minimum atomic E-state index is -1.56. The molecule has 0 aliphatic heterocycles. The van der Waals surface area contributed by atoms with Crippen molar-refractivity contribution in [1.82, 2.24) is 4.98 Å². The summed E-state index contributed by atoms with van der Waals surface area (Å²) in [6.45, 7) is 0. The number of carboxylic acid groups (broad SMARTS) is 1. The molecule has 6 nitrogen and oxygen atoms in total. The molecule has 0 aromatic carbocycles. The van der Waals surface area contributed by atoms with Crippen molar-refractivity contribution in [2.24, 2.45) is 0 Å². The second kappa shape index (κ2) is 5.83. The summed E-state index contributed by atoms with van der Waals surface area (Å²) in [5.41, 5.74) is 1.12. The van der Waals surface area contributed by atoms with Crippen molar-refractivity contribution in [3.63, 3.8) is 0 Å². The number of rotatable bonds is 5. The second-order valence-corrected chi connectivity index (χ2v) is 3.99. The van der Waals surface area contributed by atoms with Crippen molar-refractivity contribution in [2.75, 3.05) is 0 Å². The highest BCUT2D eigenvalue weighted by Crippen LogP contribution is 2.17. The van der Waals surface area contributed by atoms with Gasteiger partial charge in [-0.15, -0.1) is 0 Å². The number of furan rings is 1. The molecule has 0 fully saturated rings. The van der Waals surface area contributed by atoms with Crippen LogP contribution in [0.25, 0.3) is 0 Å². The van der Waals surface area contributed by atoms with Gasteiger partial charge in [-0.2, -0.15) is 0 Å². The first-order valence-electron chi connectivity index (χ1n) is 5.71. The highest BCUT2D eigenvalue weighted by atomic mass is 16.4. The molecule has 0 saturated heterocycles. The quantitative estimate of drug-likeness (QED) is 0.490. The van der Waals surface area contributed by atoms with Crippen LogP contribution in [0.15, 0.2) is 53.1 Å². The van der Waals surface area contributed by atoms with Gasteiger partial charge in [-0.05, 0) is 23.8 Å². The topological polar surface area (TPSA) is 101 Å². The van der Waals surface area contributed by atoms with Crippen molar-refractivity contribution in [3.05, 3.63) is 65.6 Å². The summed E-state index contributed by atoms with van der Waals surface area (Å²) in [5, 5.41) is 17.6. The third kappa shape index (κ3) is 3.11. The Balaban J connectivity index is 2.23. The lowest BCUT2D eigenvalue weighted by Gasteiger charge is -2.00. The van der Waals surface area contributed by atoms with E-state index < -0.39 is 17.5 Å². The Kier molecular flexibility index (Phi) is 3.95. The van der Waals surface area contributed by atoms with Crippen LogP contribution in [0.4, 0.5) is 0 Å². The van der Waals surface area contributed by atoms with E-state index in [0.29, 0.717) is 18.3 Å². The number of aliphatic carboxylic acids is 1. The molecule has 0 spiro atoms. The maximum Gasteiger partial charge on any atom is 0.371 e. The molecule has 102 valence electrons. The monoisotopic (exact) mass is 273 g/mol. The Morgan fingerprint density at radius 1 is 1.20 bits per heavy atom. The second-order valence-electron chi connectivity index (χ2n) is 3.99. The smallest absolute Gasteiger partial charge is 0.371 e. The number of carboxylic acids is 1. The number of carbonyl (C=O) groups excluding carboxylic acids is 1. The molecule has 0 unspecified atom stereocenters. The molecule has 0 aliphatic rings. The lowest BCUT2D eigenvalue weighted by Crippen LogP contribution is -2.05. The Morgan fingerprint density at radius 3 is 2.55 bits per heavy atom. The molecular formula is C14H11NO5. The van der Waals surface area contributed by atoms with E-state index in [1.807, 2.05) is 0 Å². The molecule has 20 heavy (non-hydrogen) atoms. The molecule has 0 atom stereocenters. The Hall–Kier alpha value is -2.89. The minimum absolute atomic E-state index is 0.217. The van der Waals surface area contributed by atoms with Crippen molar-refractivity contribution < 1.29 is 24.2 Å². The molecule has 0 amide bonds. The van der Waals surface area contributed by atoms with Gasteiger partial charge in [-0.25, -0.2) is 4.79 Å². The molecule has 2 aromatic heterocycles. The average Bonchev–Trinajstić information content (AvgIpc) is 2.88. The van der Waals surface area contributed by atoms with Crippen LogP contribution in [0.1, 0.15) is 21.7 Å². The molecule has 2 N–H and O–H groups in total. The normalized spacial score (nSPS) is 11.3. The summed E-state index contributed by atoms with van der Waals surface area (Å²) >= 11 is 0. The summed E-state index contributed by atoms with van der Waals surface area (Å²) in [6, 6.07) is 4.99. The number of carbonyl (C=O) groups is 2. The average molecular weight is 273 g/mol. The molecule has 0 radical (unpaired) electrons. The number of allylic oxidation sites excluding steroid dienone is 1. The van der Waals surface area contributed by atoms with Crippen LogP contribution in [-0.4, -0.2) is 26.9 Å². The van der Waals surface area contributed by atoms with Crippen molar-refractivity contribution in [1.29, 1.82) is 0 Å². The number of hydrogen-bond donors (Lipinski definition) is 2. The van der Waals surface area contributed by atoms with Gasteiger partial charge in [0.25, 0.3) is 0 Å². The molecule has 2 heterocycles. The van der Waals surface area contributed by atoms with Gasteiger partial charge in [0.15, 0.2) is 5.78 Å². The van der Waals surface area contributed by atoms with E-state index in [1.165, 1.54) is 12.3 Å². The molecule has 0 saturated carbocycles. The number of aliphatic hydroxyl groups is 1. The van der Waals surface area contributed by atoms with Gasteiger partial charge in [0.05, 0.1) is 11.8 Å². The van der Waals surface area contributed by atoms with Gasteiger partial charge in [0.2, 0.25) is 5.76 Å². The highest BCUT2D eigenvalue weighted by Gasteiger charge is 2.16. The number of aliphatic hydroxyl groups excluding tert-OH is 1. The Labute approximate surface area is 114 Å². The maximum absolute atomic E-state index is 11.9. The van der Waals surface area contributed by atoms with Gasteiger partial charge < -0.3 is 14.6 Å². The fraction of sp³-hybridized carbons (Fsp3) is 0.0714. The van der Waals surface area contributed by atoms with Crippen molar-refractivity contribution in [2.45, 2.75) is 6.42 Å². The first-order chi connectivity index (χ1) is 9.58. The molecule has 0 aliphatic carbocycles. The van der Waals surface area contributed by atoms with Crippen molar-refractivity contribution in [3.8, 4) is 0 Å². The van der Waals surface area contributed by atoms with Crippen LogP contribution in [-0.2, 0) is 11.2 Å². The highest BCUT2D eigenvalue weighted by molar-refractivity contribution is 6.08. The van der Waals surface area contributed by atoms with Crippen molar-refractivity contribution >= 4 is 11.8 Å². The predicted octanol–water partition coefficient (Wildman–Crippen LogP) is 1.97. The lowest BCUT2D eigenvalue weighted by molar-refractivity contribution is -0.135. The van der Waals surface area contributed by atoms with Crippen LogP contribution in [0.3, 0.4) is 0 Å². The minimum Gasteiger partial charge on any atom is -0.502 e. The Morgan fingerprint density at radius 2 is 1.90 bits per heavy atom. The lowest BCUT2D eigenvalue weighted by atomic mass is 10.1. The van der Waals surface area contributed by atoms with Crippen LogP contribution >= 0.6 is 0 Å². The van der Waals surface area contributed by atoms with E-state index in [1.54, 1.807) is 24.5 Å². The maximum atomic E-state index is 11.9. The van der Waals surface area contributed by atoms with E-state index in [2.05, 4.69) is 4.98 Å². The summed E-state index contributed by atoms with van der Waals surface area (Å²) in [7, 11) is 0. The van der Waals surface area contributed by atoms with E-state index in [4.69, 9.17) is 14.6 Å². The molecule has 2 aromatic rings. The third-order valence-corrected chi connectivity index (χ3v) is 2.61. The molecule has 0 bridgehead atoms. The Bertz CT molecular complexity index is 657. The number of nitrogens with zero attached hydrogens (tertiary/aromatic N) is 1. The molecule has 6 heteroatoms. The zero-order valence-corrected chi connectivity index (χ0v) is 10.3. The third-order valence-electron chi connectivity index (χ3n) is 2.61. The zero-order valence-electron chi connectivity index (χ0n) is 10.3. The van der Waals surface area contributed by atoms with Crippen LogP contribution < -0.4 is 0 Å².